The molecule has 3 heterocycles. The first-order valence-corrected chi connectivity index (χ1v) is 20.2. The second-order valence-electron chi connectivity index (χ2n) is 15.5. The molecule has 0 aliphatic heterocycles. The highest BCUT2D eigenvalue weighted by atomic mass is 16.4. The van der Waals surface area contributed by atoms with Crippen molar-refractivity contribution >= 4 is 43.7 Å². The molecule has 0 unspecified atom stereocenters. The molecule has 0 spiro atoms. The van der Waals surface area contributed by atoms with E-state index in [4.69, 9.17) is 19.4 Å². The van der Waals surface area contributed by atoms with Crippen molar-refractivity contribution in [3.05, 3.63) is 133 Å². The second-order valence-corrected chi connectivity index (χ2v) is 15.5. The third kappa shape index (κ3) is 5.73. The highest BCUT2D eigenvalue weighted by Crippen LogP contribution is 2.59. The van der Waals surface area contributed by atoms with Gasteiger partial charge in [0.05, 0.1) is 33.2 Å². The van der Waals surface area contributed by atoms with Crippen LogP contribution in [0.25, 0.3) is 106 Å². The summed E-state index contributed by atoms with van der Waals surface area (Å²) < 4.78 is 8.35. The number of phenolic OH excluding ortho intramolecular Hbond substituents is 10. The zero-order valence-electron chi connectivity index (χ0n) is 33.9. The van der Waals surface area contributed by atoms with E-state index < -0.39 is 68.6 Å². The van der Waals surface area contributed by atoms with Crippen LogP contribution in [0, 0.1) is 0 Å². The summed E-state index contributed by atoms with van der Waals surface area (Å²) in [6.45, 7) is 0. The number of fused-ring (bicyclic) bond motifs is 6. The number of para-hydroxylation sites is 1. The van der Waals surface area contributed by atoms with Crippen molar-refractivity contribution in [1.29, 1.82) is 0 Å². The molecule has 0 aliphatic carbocycles. The minimum Gasteiger partial charge on any atom is -0.504 e. The SMILES string of the molecule is Oc1c(O)c(O)c(-c2cc(-c3c(O)c(O)c(O)c(O)c3O)c3c(c2)c2ccccc2n3-c2cccc3oc4cc(-c5nc(-c6ccccc6)nc(-c6ccccc6)n5)ccc4c23)c(O)c1O. The Hall–Kier alpha value is -9.63. The Morgan fingerprint density at radius 2 is 0.879 bits per heavy atom. The Kier molecular flexibility index (Phi) is 8.60. The molecule has 0 aliphatic rings. The third-order valence-corrected chi connectivity index (χ3v) is 11.7. The monoisotopic (exact) mass is 876 g/mol. The molecule has 15 nitrogen and oxygen atoms in total. The molecule has 0 atom stereocenters. The number of furan rings is 1. The van der Waals surface area contributed by atoms with E-state index >= 15 is 0 Å². The molecule has 10 N–H and O–H groups in total. The first-order chi connectivity index (χ1) is 31.9. The average Bonchev–Trinajstić information content (AvgIpc) is 3.90. The van der Waals surface area contributed by atoms with E-state index in [9.17, 15) is 51.1 Å². The fourth-order valence-electron chi connectivity index (χ4n) is 8.65. The van der Waals surface area contributed by atoms with Gasteiger partial charge in [0.2, 0.25) is 34.5 Å². The number of benzene rings is 8. The van der Waals surface area contributed by atoms with Crippen LogP contribution in [0.15, 0.2) is 138 Å². The largest absolute Gasteiger partial charge is 0.504 e. The van der Waals surface area contributed by atoms with Gasteiger partial charge in [-0.2, -0.15) is 0 Å². The highest BCUT2D eigenvalue weighted by molar-refractivity contribution is 6.19. The Labute approximate surface area is 370 Å². The molecule has 0 saturated heterocycles. The lowest BCUT2D eigenvalue weighted by molar-refractivity contribution is 0.330. The maximum atomic E-state index is 11.5. The number of hydrogen-bond donors (Lipinski definition) is 10. The summed E-state index contributed by atoms with van der Waals surface area (Å²) in [6, 6.07) is 39.9. The molecule has 322 valence electrons. The van der Waals surface area contributed by atoms with Crippen LogP contribution in [0.4, 0.5) is 0 Å². The summed E-state index contributed by atoms with van der Waals surface area (Å²) in [5.74, 6) is -9.83. The molecule has 0 saturated carbocycles. The van der Waals surface area contributed by atoms with Crippen LogP contribution >= 0.6 is 0 Å². The van der Waals surface area contributed by atoms with Gasteiger partial charge in [-0.05, 0) is 48.0 Å². The van der Waals surface area contributed by atoms with E-state index in [0.29, 0.717) is 67.0 Å². The summed E-state index contributed by atoms with van der Waals surface area (Å²) in [4.78, 5) is 14.6. The Bertz CT molecular complexity index is 3710. The Morgan fingerprint density at radius 3 is 1.47 bits per heavy atom. The molecular formula is C51H32N4O11. The van der Waals surface area contributed by atoms with Crippen LogP contribution in [0.1, 0.15) is 0 Å². The topological polar surface area (TPSA) is 259 Å². The second kappa shape index (κ2) is 14.5. The van der Waals surface area contributed by atoms with Gasteiger partial charge in [0.15, 0.2) is 40.5 Å². The predicted octanol–water partition coefficient (Wildman–Crippen LogP) is 10.3. The zero-order chi connectivity index (χ0) is 45.7. The maximum absolute atomic E-state index is 11.5. The van der Waals surface area contributed by atoms with Crippen molar-refractivity contribution in [2.24, 2.45) is 0 Å². The van der Waals surface area contributed by atoms with Crippen molar-refractivity contribution in [2.75, 3.05) is 0 Å². The van der Waals surface area contributed by atoms with E-state index in [1.165, 1.54) is 12.1 Å². The Morgan fingerprint density at radius 1 is 0.364 bits per heavy atom. The van der Waals surface area contributed by atoms with Crippen LogP contribution in [-0.4, -0.2) is 70.6 Å². The molecule has 11 aromatic rings. The van der Waals surface area contributed by atoms with Crippen LogP contribution < -0.4 is 0 Å². The summed E-state index contributed by atoms with van der Waals surface area (Å²) in [6.07, 6.45) is 0. The van der Waals surface area contributed by atoms with E-state index in [-0.39, 0.29) is 16.6 Å². The molecule has 15 heteroatoms. The van der Waals surface area contributed by atoms with E-state index in [1.54, 1.807) is 41.0 Å². The zero-order valence-corrected chi connectivity index (χ0v) is 33.9. The molecule has 0 fully saturated rings. The van der Waals surface area contributed by atoms with Gasteiger partial charge in [-0.1, -0.05) is 91.0 Å². The quantitative estimate of drug-likeness (QED) is 0.0551. The minimum absolute atomic E-state index is 0.129. The molecule has 0 bridgehead atoms. The van der Waals surface area contributed by atoms with Gasteiger partial charge in [-0.15, -0.1) is 0 Å². The number of phenols is 10. The molecule has 8 aromatic carbocycles. The third-order valence-electron chi connectivity index (χ3n) is 11.7. The lowest BCUT2D eigenvalue weighted by atomic mass is 9.92. The van der Waals surface area contributed by atoms with Crippen LogP contribution in [0.2, 0.25) is 0 Å². The van der Waals surface area contributed by atoms with Crippen molar-refractivity contribution in [2.45, 2.75) is 0 Å². The lowest BCUT2D eigenvalue weighted by Crippen LogP contribution is -2.00. The van der Waals surface area contributed by atoms with E-state index in [2.05, 4.69) is 0 Å². The van der Waals surface area contributed by atoms with Crippen LogP contribution in [-0.2, 0) is 0 Å². The van der Waals surface area contributed by atoms with Gasteiger partial charge in [0, 0.05) is 38.4 Å². The van der Waals surface area contributed by atoms with Crippen molar-refractivity contribution in [3.8, 4) is 120 Å². The van der Waals surface area contributed by atoms with Gasteiger partial charge in [0.25, 0.3) is 0 Å². The number of hydrogen-bond acceptors (Lipinski definition) is 14. The van der Waals surface area contributed by atoms with Gasteiger partial charge < -0.3 is 60.0 Å². The van der Waals surface area contributed by atoms with Crippen molar-refractivity contribution in [1.82, 2.24) is 19.5 Å². The predicted molar refractivity (Wildman–Crippen MR) is 245 cm³/mol. The summed E-state index contributed by atoms with van der Waals surface area (Å²) in [5.41, 5.74) is 3.07. The number of rotatable bonds is 6. The summed E-state index contributed by atoms with van der Waals surface area (Å²) in [7, 11) is 0. The average molecular weight is 877 g/mol. The minimum atomic E-state index is -1.20. The van der Waals surface area contributed by atoms with Gasteiger partial charge in [-0.25, -0.2) is 15.0 Å². The lowest BCUT2D eigenvalue weighted by Gasteiger charge is -2.18. The molecule has 0 amide bonds. The van der Waals surface area contributed by atoms with Crippen LogP contribution in [0.5, 0.6) is 57.5 Å². The van der Waals surface area contributed by atoms with Gasteiger partial charge in [0.1, 0.15) is 11.2 Å². The van der Waals surface area contributed by atoms with Crippen LogP contribution in [0.3, 0.4) is 0 Å². The molecule has 66 heavy (non-hydrogen) atoms. The molecular weight excluding hydrogens is 845 g/mol. The fourth-order valence-corrected chi connectivity index (χ4v) is 8.65. The first-order valence-electron chi connectivity index (χ1n) is 20.2. The van der Waals surface area contributed by atoms with E-state index in [1.807, 2.05) is 84.9 Å². The fraction of sp³-hybridized carbons (Fsp3) is 0. The molecule has 11 rings (SSSR count). The number of nitrogens with zero attached hydrogens (tertiary/aromatic N) is 4. The standard InChI is InChI=1S/C51H32N4O11/c56-39-35(40(57)44(61)47(64)43(39)60)26-20-29-27-14-7-8-15-31(27)55(38(29)30(21-26)37-41(58)45(62)48(65)46(63)42(37)59)32-16-9-17-33-36(32)28-19-18-25(22-34(28)66-33)51-53-49(23-10-3-1-4-11-23)52-50(54-51)24-12-5-2-6-13-24/h1-22,56-65H. The summed E-state index contributed by atoms with van der Waals surface area (Å²) >= 11 is 0. The number of aromatic nitrogens is 4. The molecule has 0 radical (unpaired) electrons. The van der Waals surface area contributed by atoms with Crippen molar-refractivity contribution < 1.29 is 55.5 Å². The Balaban J connectivity index is 1.20. The van der Waals surface area contributed by atoms with E-state index in [0.717, 1.165) is 11.1 Å². The smallest absolute Gasteiger partial charge is 0.208 e. The van der Waals surface area contributed by atoms with Crippen molar-refractivity contribution in [3.63, 3.8) is 0 Å². The van der Waals surface area contributed by atoms with Gasteiger partial charge in [-0.3, -0.25) is 0 Å². The van der Waals surface area contributed by atoms with Gasteiger partial charge >= 0.3 is 0 Å². The molecule has 3 aromatic heterocycles. The maximum Gasteiger partial charge on any atom is 0.208 e. The highest BCUT2D eigenvalue weighted by Gasteiger charge is 2.31. The summed E-state index contributed by atoms with van der Waals surface area (Å²) in [5, 5.41) is 111. The normalized spacial score (nSPS) is 11.6. The number of aromatic hydroxyl groups is 10. The first kappa shape index (κ1) is 39.2.